The molecule has 152 valence electrons. The van der Waals surface area contributed by atoms with Crippen molar-refractivity contribution in [1.82, 2.24) is 14.8 Å². The molecule has 8 heteroatoms. The van der Waals surface area contributed by atoms with Crippen LogP contribution < -0.4 is 14.8 Å². The van der Waals surface area contributed by atoms with Gasteiger partial charge in [-0.1, -0.05) is 35.5 Å². The van der Waals surface area contributed by atoms with E-state index in [4.69, 9.17) is 9.47 Å². The highest BCUT2D eigenvalue weighted by molar-refractivity contribution is 7.99. The first-order valence-electron chi connectivity index (χ1n) is 9.27. The van der Waals surface area contributed by atoms with Gasteiger partial charge in [-0.3, -0.25) is 4.79 Å². The molecular formula is C21H24N4O3S. The van der Waals surface area contributed by atoms with Crippen LogP contribution in [0.4, 0.5) is 5.69 Å². The Bertz CT molecular complexity index is 957. The molecule has 0 saturated heterocycles. The molecule has 0 aliphatic carbocycles. The number of methoxy groups -OCH3 is 1. The van der Waals surface area contributed by atoms with Gasteiger partial charge in [-0.05, 0) is 38.1 Å². The van der Waals surface area contributed by atoms with Crippen molar-refractivity contribution in [2.75, 3.05) is 18.2 Å². The van der Waals surface area contributed by atoms with E-state index in [0.717, 1.165) is 11.6 Å². The van der Waals surface area contributed by atoms with Crippen LogP contribution in [0, 0.1) is 6.92 Å². The predicted molar refractivity (Wildman–Crippen MR) is 114 cm³/mol. The molecule has 0 unspecified atom stereocenters. The number of hydrogen-bond donors (Lipinski definition) is 1. The van der Waals surface area contributed by atoms with Gasteiger partial charge in [-0.25, -0.2) is 0 Å². The largest absolute Gasteiger partial charge is 0.497 e. The SMILES string of the molecule is CCn1c(COc2ccc(C)cc2)nnc1SCC(=O)Nc1cccc(OC)c1. The van der Waals surface area contributed by atoms with Crippen molar-refractivity contribution in [3.63, 3.8) is 0 Å². The molecule has 1 heterocycles. The topological polar surface area (TPSA) is 78.3 Å². The Labute approximate surface area is 174 Å². The van der Waals surface area contributed by atoms with Gasteiger partial charge in [-0.2, -0.15) is 0 Å². The summed E-state index contributed by atoms with van der Waals surface area (Å²) in [7, 11) is 1.59. The normalized spacial score (nSPS) is 10.6. The summed E-state index contributed by atoms with van der Waals surface area (Å²) in [5, 5.41) is 12.0. The van der Waals surface area contributed by atoms with Crippen LogP contribution in [0.2, 0.25) is 0 Å². The number of carbonyl (C=O) groups excluding carboxylic acids is 1. The van der Waals surface area contributed by atoms with Crippen LogP contribution in [0.5, 0.6) is 11.5 Å². The van der Waals surface area contributed by atoms with E-state index in [1.807, 2.05) is 60.9 Å². The molecule has 1 aromatic heterocycles. The Hall–Kier alpha value is -3.00. The molecule has 3 rings (SSSR count). The van der Waals surface area contributed by atoms with Crippen molar-refractivity contribution in [3.8, 4) is 11.5 Å². The summed E-state index contributed by atoms with van der Waals surface area (Å²) in [5.41, 5.74) is 1.87. The van der Waals surface area contributed by atoms with Gasteiger partial charge in [0.05, 0.1) is 12.9 Å². The highest BCUT2D eigenvalue weighted by Crippen LogP contribution is 2.21. The summed E-state index contributed by atoms with van der Waals surface area (Å²) < 4.78 is 12.9. The van der Waals surface area contributed by atoms with E-state index in [0.29, 0.717) is 29.7 Å². The van der Waals surface area contributed by atoms with Crippen LogP contribution in [-0.2, 0) is 17.9 Å². The molecule has 2 aromatic carbocycles. The first-order chi connectivity index (χ1) is 14.1. The molecule has 3 aromatic rings. The van der Waals surface area contributed by atoms with Crippen LogP contribution in [0.1, 0.15) is 18.3 Å². The van der Waals surface area contributed by atoms with Crippen LogP contribution >= 0.6 is 11.8 Å². The summed E-state index contributed by atoms with van der Waals surface area (Å²) in [6.45, 7) is 5.06. The maximum atomic E-state index is 12.3. The second-order valence-electron chi connectivity index (χ2n) is 6.31. The van der Waals surface area contributed by atoms with E-state index in [2.05, 4.69) is 15.5 Å². The molecule has 0 radical (unpaired) electrons. The lowest BCUT2D eigenvalue weighted by atomic mass is 10.2. The molecule has 0 spiro atoms. The number of nitrogens with one attached hydrogen (secondary N) is 1. The molecule has 1 N–H and O–H groups in total. The Morgan fingerprint density at radius 2 is 1.93 bits per heavy atom. The second-order valence-corrected chi connectivity index (χ2v) is 7.26. The maximum Gasteiger partial charge on any atom is 0.234 e. The van der Waals surface area contributed by atoms with E-state index in [-0.39, 0.29) is 11.7 Å². The summed E-state index contributed by atoms with van der Waals surface area (Å²) in [4.78, 5) is 12.3. The smallest absolute Gasteiger partial charge is 0.234 e. The number of rotatable bonds is 9. The average molecular weight is 413 g/mol. The number of benzene rings is 2. The fourth-order valence-corrected chi connectivity index (χ4v) is 3.48. The number of amides is 1. The van der Waals surface area contributed by atoms with Crippen molar-refractivity contribution in [1.29, 1.82) is 0 Å². The van der Waals surface area contributed by atoms with Crippen molar-refractivity contribution in [3.05, 3.63) is 59.9 Å². The lowest BCUT2D eigenvalue weighted by Gasteiger charge is -2.09. The fourth-order valence-electron chi connectivity index (χ4n) is 2.66. The third-order valence-corrected chi connectivity index (χ3v) is 5.15. The lowest BCUT2D eigenvalue weighted by molar-refractivity contribution is -0.113. The van der Waals surface area contributed by atoms with Gasteiger partial charge in [-0.15, -0.1) is 10.2 Å². The number of hydrogen-bond acceptors (Lipinski definition) is 6. The van der Waals surface area contributed by atoms with Gasteiger partial charge in [0, 0.05) is 18.3 Å². The van der Waals surface area contributed by atoms with E-state index >= 15 is 0 Å². The minimum Gasteiger partial charge on any atom is -0.497 e. The van der Waals surface area contributed by atoms with Gasteiger partial charge in [0.2, 0.25) is 5.91 Å². The summed E-state index contributed by atoms with van der Waals surface area (Å²) in [5.74, 6) is 2.32. The molecule has 0 fully saturated rings. The number of aryl methyl sites for hydroxylation is 1. The number of carbonyl (C=O) groups is 1. The highest BCUT2D eigenvalue weighted by Gasteiger charge is 2.14. The van der Waals surface area contributed by atoms with Crippen LogP contribution in [0.25, 0.3) is 0 Å². The van der Waals surface area contributed by atoms with Gasteiger partial charge in [0.25, 0.3) is 0 Å². The van der Waals surface area contributed by atoms with Crippen LogP contribution in [-0.4, -0.2) is 33.5 Å². The maximum absolute atomic E-state index is 12.3. The Morgan fingerprint density at radius 1 is 1.14 bits per heavy atom. The van der Waals surface area contributed by atoms with Crippen molar-refractivity contribution in [2.24, 2.45) is 0 Å². The number of ether oxygens (including phenoxy) is 2. The van der Waals surface area contributed by atoms with Gasteiger partial charge >= 0.3 is 0 Å². The fraction of sp³-hybridized carbons (Fsp3) is 0.286. The van der Waals surface area contributed by atoms with Gasteiger partial charge < -0.3 is 19.4 Å². The van der Waals surface area contributed by atoms with E-state index in [1.165, 1.54) is 17.3 Å². The number of anilines is 1. The lowest BCUT2D eigenvalue weighted by Crippen LogP contribution is -2.15. The molecule has 0 saturated carbocycles. The van der Waals surface area contributed by atoms with E-state index in [9.17, 15) is 4.79 Å². The van der Waals surface area contributed by atoms with Gasteiger partial charge in [0.15, 0.2) is 11.0 Å². The van der Waals surface area contributed by atoms with Crippen molar-refractivity contribution < 1.29 is 14.3 Å². The zero-order valence-electron chi connectivity index (χ0n) is 16.7. The first-order valence-corrected chi connectivity index (χ1v) is 10.3. The first kappa shape index (κ1) is 20.7. The van der Waals surface area contributed by atoms with Gasteiger partial charge in [0.1, 0.15) is 18.1 Å². The van der Waals surface area contributed by atoms with E-state index in [1.54, 1.807) is 13.2 Å². The molecule has 0 aliphatic rings. The van der Waals surface area contributed by atoms with Crippen molar-refractivity contribution >= 4 is 23.4 Å². The molecular weight excluding hydrogens is 388 g/mol. The molecule has 29 heavy (non-hydrogen) atoms. The Kier molecular flexibility index (Phi) is 7.13. The Balaban J connectivity index is 1.56. The quantitative estimate of drug-likeness (QED) is 0.537. The minimum atomic E-state index is -0.119. The third kappa shape index (κ3) is 5.74. The molecule has 7 nitrogen and oxygen atoms in total. The number of aromatic nitrogens is 3. The Morgan fingerprint density at radius 3 is 2.66 bits per heavy atom. The zero-order valence-corrected chi connectivity index (χ0v) is 17.5. The predicted octanol–water partition coefficient (Wildman–Crippen LogP) is 3.92. The highest BCUT2D eigenvalue weighted by atomic mass is 32.2. The summed E-state index contributed by atoms with van der Waals surface area (Å²) >= 11 is 1.34. The monoisotopic (exact) mass is 412 g/mol. The number of thioether (sulfide) groups is 1. The zero-order chi connectivity index (χ0) is 20.6. The summed E-state index contributed by atoms with van der Waals surface area (Å²) in [6.07, 6.45) is 0. The molecule has 0 aliphatic heterocycles. The van der Waals surface area contributed by atoms with Crippen molar-refractivity contribution in [2.45, 2.75) is 32.2 Å². The minimum absolute atomic E-state index is 0.119. The molecule has 0 bridgehead atoms. The third-order valence-electron chi connectivity index (χ3n) is 4.18. The van der Waals surface area contributed by atoms with Crippen LogP contribution in [0.3, 0.4) is 0 Å². The molecule has 0 atom stereocenters. The standard InChI is InChI=1S/C21H24N4O3S/c1-4-25-19(13-28-17-10-8-15(2)9-11-17)23-24-21(25)29-14-20(26)22-16-6-5-7-18(12-16)27-3/h5-12H,4,13-14H2,1-3H3,(H,22,26). The molecule has 1 amide bonds. The second kappa shape index (κ2) is 9.97. The average Bonchev–Trinajstić information content (AvgIpc) is 3.13. The van der Waals surface area contributed by atoms with E-state index < -0.39 is 0 Å². The summed E-state index contributed by atoms with van der Waals surface area (Å²) in [6, 6.07) is 15.1. The number of nitrogens with zero attached hydrogens (tertiary/aromatic N) is 3. The van der Waals surface area contributed by atoms with Crippen LogP contribution in [0.15, 0.2) is 53.7 Å².